The predicted molar refractivity (Wildman–Crippen MR) is 239 cm³/mol. The SMILES string of the molecule is CCCCCCCCCCCCC#CC#CCCCCCCCCC(=O)NCCOCCOCNC(=O)CN(CCNC(=O)OC(C)(C)C)C(=O)Cn1cc(C)c(=O)[nH]c1=O. The molecule has 0 radical (unpaired) electrons. The minimum atomic E-state index is -0.765. The average molecular weight is 857 g/mol. The van der Waals surface area contributed by atoms with E-state index in [1.54, 1.807) is 20.8 Å². The van der Waals surface area contributed by atoms with Crippen molar-refractivity contribution in [3.8, 4) is 23.7 Å². The van der Waals surface area contributed by atoms with Gasteiger partial charge in [-0.3, -0.25) is 28.7 Å². The van der Waals surface area contributed by atoms with E-state index in [9.17, 15) is 28.8 Å². The van der Waals surface area contributed by atoms with Crippen molar-refractivity contribution in [1.29, 1.82) is 0 Å². The van der Waals surface area contributed by atoms with Crippen LogP contribution < -0.4 is 27.2 Å². The van der Waals surface area contributed by atoms with E-state index in [2.05, 4.69) is 51.5 Å². The van der Waals surface area contributed by atoms with Gasteiger partial charge in [0, 0.05) is 50.7 Å². The molecule has 0 saturated carbocycles. The van der Waals surface area contributed by atoms with Crippen molar-refractivity contribution in [3.05, 3.63) is 32.6 Å². The van der Waals surface area contributed by atoms with Gasteiger partial charge < -0.3 is 35.1 Å². The highest BCUT2D eigenvalue weighted by atomic mass is 16.6. The number of carbonyl (C=O) groups excluding carboxylic acids is 4. The van der Waals surface area contributed by atoms with Crippen LogP contribution >= 0.6 is 0 Å². The molecule has 344 valence electrons. The minimum absolute atomic E-state index is 0.00105. The zero-order valence-corrected chi connectivity index (χ0v) is 37.9. The van der Waals surface area contributed by atoms with Crippen molar-refractivity contribution in [2.24, 2.45) is 0 Å². The van der Waals surface area contributed by atoms with E-state index in [1.807, 2.05) is 0 Å². The molecule has 0 bridgehead atoms. The van der Waals surface area contributed by atoms with Crippen LogP contribution in [0.5, 0.6) is 0 Å². The van der Waals surface area contributed by atoms with Gasteiger partial charge in [0.1, 0.15) is 18.9 Å². The molecule has 1 aromatic rings. The number of hydrogen-bond donors (Lipinski definition) is 4. The summed E-state index contributed by atoms with van der Waals surface area (Å²) in [5.74, 6) is 11.2. The van der Waals surface area contributed by atoms with Crippen LogP contribution in [0, 0.1) is 30.6 Å². The van der Waals surface area contributed by atoms with Crippen molar-refractivity contribution in [2.45, 2.75) is 169 Å². The van der Waals surface area contributed by atoms with Gasteiger partial charge >= 0.3 is 11.8 Å². The normalized spacial score (nSPS) is 10.8. The van der Waals surface area contributed by atoms with E-state index >= 15 is 0 Å². The lowest BCUT2D eigenvalue weighted by Crippen LogP contribution is -2.47. The van der Waals surface area contributed by atoms with Gasteiger partial charge in [0.25, 0.3) is 5.56 Å². The molecule has 0 atom stereocenters. The zero-order valence-electron chi connectivity index (χ0n) is 37.9. The minimum Gasteiger partial charge on any atom is -0.444 e. The fourth-order valence-corrected chi connectivity index (χ4v) is 6.00. The summed E-state index contributed by atoms with van der Waals surface area (Å²) in [7, 11) is 0. The third-order valence-electron chi connectivity index (χ3n) is 9.39. The van der Waals surface area contributed by atoms with Crippen LogP contribution in [0.1, 0.15) is 155 Å². The Morgan fingerprint density at radius 1 is 0.721 bits per heavy atom. The molecule has 61 heavy (non-hydrogen) atoms. The van der Waals surface area contributed by atoms with Crippen LogP contribution in [-0.4, -0.2) is 96.6 Å². The van der Waals surface area contributed by atoms with Gasteiger partial charge in [-0.2, -0.15) is 0 Å². The predicted octanol–water partition coefficient (Wildman–Crippen LogP) is 5.86. The molecular formula is C46H76N6O9. The zero-order chi connectivity index (χ0) is 45.0. The van der Waals surface area contributed by atoms with E-state index in [0.717, 1.165) is 55.9 Å². The molecule has 0 fully saturated rings. The number of ether oxygens (including phenoxy) is 3. The first-order chi connectivity index (χ1) is 29.3. The Labute approximate surface area is 364 Å². The third kappa shape index (κ3) is 31.9. The van der Waals surface area contributed by atoms with E-state index in [0.29, 0.717) is 19.6 Å². The maximum absolute atomic E-state index is 13.1. The maximum atomic E-state index is 13.1. The van der Waals surface area contributed by atoms with Gasteiger partial charge in [0.15, 0.2) is 0 Å². The molecule has 0 aromatic carbocycles. The number of nitrogens with zero attached hydrogens (tertiary/aromatic N) is 2. The Hall–Kier alpha value is -4.60. The van der Waals surface area contributed by atoms with Gasteiger partial charge in [-0.25, -0.2) is 9.59 Å². The number of aromatic amines is 1. The van der Waals surface area contributed by atoms with Crippen LogP contribution in [0.2, 0.25) is 0 Å². The molecule has 4 N–H and O–H groups in total. The van der Waals surface area contributed by atoms with E-state index in [1.165, 1.54) is 82.2 Å². The Morgan fingerprint density at radius 2 is 1.30 bits per heavy atom. The van der Waals surface area contributed by atoms with E-state index in [-0.39, 0.29) is 51.0 Å². The van der Waals surface area contributed by atoms with E-state index in [4.69, 9.17) is 14.2 Å². The van der Waals surface area contributed by atoms with Crippen molar-refractivity contribution in [1.82, 2.24) is 30.4 Å². The van der Waals surface area contributed by atoms with Crippen LogP contribution in [-0.2, 0) is 35.1 Å². The lowest BCUT2D eigenvalue weighted by molar-refractivity contribution is -0.137. The molecule has 15 heteroatoms. The molecule has 0 aliphatic heterocycles. The first kappa shape index (κ1) is 54.4. The molecule has 0 unspecified atom stereocenters. The third-order valence-corrected chi connectivity index (χ3v) is 9.39. The topological polar surface area (TPSA) is 190 Å². The second-order valence-corrected chi connectivity index (χ2v) is 16.2. The monoisotopic (exact) mass is 857 g/mol. The number of amides is 4. The average Bonchev–Trinajstić information content (AvgIpc) is 3.20. The Bertz CT molecular complexity index is 1640. The van der Waals surface area contributed by atoms with Gasteiger partial charge in [0.2, 0.25) is 17.7 Å². The summed E-state index contributed by atoms with van der Waals surface area (Å²) >= 11 is 0. The molecule has 4 amide bonds. The Kier molecular flexibility index (Phi) is 31.3. The summed E-state index contributed by atoms with van der Waals surface area (Å²) in [6, 6.07) is 0. The number of H-pyrrole nitrogens is 1. The number of alkyl carbamates (subject to hydrolysis) is 1. The molecular weight excluding hydrogens is 781 g/mol. The molecule has 0 saturated heterocycles. The fourth-order valence-electron chi connectivity index (χ4n) is 6.00. The highest BCUT2D eigenvalue weighted by Gasteiger charge is 2.20. The quantitative estimate of drug-likeness (QED) is 0.0381. The summed E-state index contributed by atoms with van der Waals surface area (Å²) in [5, 5.41) is 7.96. The van der Waals surface area contributed by atoms with Crippen molar-refractivity contribution < 1.29 is 33.4 Å². The highest BCUT2D eigenvalue weighted by molar-refractivity contribution is 5.84. The summed E-state index contributed by atoms with van der Waals surface area (Å²) in [6.45, 7) is 9.02. The van der Waals surface area contributed by atoms with Crippen molar-refractivity contribution >= 4 is 23.8 Å². The summed E-state index contributed by atoms with van der Waals surface area (Å²) < 4.78 is 17.2. The number of nitrogens with one attached hydrogen (secondary N) is 4. The van der Waals surface area contributed by atoms with Crippen LogP contribution in [0.3, 0.4) is 0 Å². The molecule has 0 aliphatic carbocycles. The van der Waals surface area contributed by atoms with Crippen LogP contribution in [0.4, 0.5) is 4.79 Å². The molecule has 1 aromatic heterocycles. The lowest BCUT2D eigenvalue weighted by Gasteiger charge is -2.24. The molecule has 0 spiro atoms. The van der Waals surface area contributed by atoms with Crippen LogP contribution in [0.25, 0.3) is 0 Å². The fraction of sp³-hybridized carbons (Fsp3) is 0.739. The molecule has 15 nitrogen and oxygen atoms in total. The van der Waals surface area contributed by atoms with Gasteiger partial charge in [-0.1, -0.05) is 102 Å². The first-order valence-electron chi connectivity index (χ1n) is 22.5. The second kappa shape index (κ2) is 35.0. The van der Waals surface area contributed by atoms with Gasteiger partial charge in [0.05, 0.1) is 26.4 Å². The molecule has 1 heterocycles. The summed E-state index contributed by atoms with van der Waals surface area (Å²) in [4.78, 5) is 77.2. The smallest absolute Gasteiger partial charge is 0.407 e. The summed E-state index contributed by atoms with van der Waals surface area (Å²) in [6.07, 6.45) is 22.6. The van der Waals surface area contributed by atoms with Crippen molar-refractivity contribution in [2.75, 3.05) is 52.7 Å². The summed E-state index contributed by atoms with van der Waals surface area (Å²) in [5.41, 5.74) is -1.80. The van der Waals surface area contributed by atoms with E-state index < -0.39 is 41.3 Å². The Balaban J connectivity index is 2.11. The van der Waals surface area contributed by atoms with Crippen LogP contribution in [0.15, 0.2) is 15.8 Å². The number of carbonyl (C=O) groups is 4. The maximum Gasteiger partial charge on any atom is 0.407 e. The standard InChI is InChI=1S/C46H76N6O9/c1-6-7-8-9-10-11-12-13-14-15-16-17-18-19-20-21-22-23-24-25-26-27-28-40(53)47-30-32-59-33-34-60-38-49-41(54)36-51(31-29-48-45(58)61-46(3,4)5)42(55)37-52-35-39(2)43(56)50-44(52)57/h35H,6-16,21-34,36-38H2,1-5H3,(H,47,53)(H,48,58)(H,49,54)(H,50,56,57). The highest BCUT2D eigenvalue weighted by Crippen LogP contribution is 2.11. The number of aromatic nitrogens is 2. The Morgan fingerprint density at radius 3 is 1.90 bits per heavy atom. The molecule has 0 aliphatic rings. The van der Waals surface area contributed by atoms with Gasteiger partial charge in [-0.15, -0.1) is 0 Å². The van der Waals surface area contributed by atoms with Crippen molar-refractivity contribution in [3.63, 3.8) is 0 Å². The largest absolute Gasteiger partial charge is 0.444 e. The lowest BCUT2D eigenvalue weighted by atomic mass is 10.1. The number of aryl methyl sites for hydroxylation is 1. The number of hydrogen-bond acceptors (Lipinski definition) is 9. The molecule has 1 rings (SSSR count). The second-order valence-electron chi connectivity index (χ2n) is 16.2. The van der Waals surface area contributed by atoms with Gasteiger partial charge in [-0.05, 0) is 58.8 Å². The number of rotatable bonds is 33. The first-order valence-corrected chi connectivity index (χ1v) is 22.5. The number of unbranched alkanes of at least 4 members (excludes halogenated alkanes) is 16.